The van der Waals surface area contributed by atoms with Crippen LogP contribution >= 0.6 is 12.2 Å². The minimum Gasteiger partial charge on any atom is -0.308 e. The Labute approximate surface area is 75.8 Å². The van der Waals surface area contributed by atoms with Gasteiger partial charge in [0, 0.05) is 12.2 Å². The van der Waals surface area contributed by atoms with Gasteiger partial charge in [0.25, 0.3) is 5.24 Å². The van der Waals surface area contributed by atoms with Crippen molar-refractivity contribution in [3.8, 4) is 0 Å². The standard InChI is InChI=1S/C9H8FNS/c10-9(12)11-6-5-7-3-1-2-4-8(7)11/h1-4H,5-6H2. The number of para-hydroxylation sites is 1. The maximum Gasteiger partial charge on any atom is 0.260 e. The van der Waals surface area contributed by atoms with Crippen molar-refractivity contribution in [3.05, 3.63) is 29.8 Å². The summed E-state index contributed by atoms with van der Waals surface area (Å²) in [6, 6.07) is 7.76. The molecule has 0 atom stereocenters. The SMILES string of the molecule is FC(=S)N1CCc2ccccc21. The molecule has 0 saturated carbocycles. The fraction of sp³-hybridized carbons (Fsp3) is 0.222. The minimum absolute atomic E-state index is 0.528. The van der Waals surface area contributed by atoms with Gasteiger partial charge in [0.15, 0.2) is 0 Å². The van der Waals surface area contributed by atoms with Crippen molar-refractivity contribution in [1.29, 1.82) is 0 Å². The molecule has 12 heavy (non-hydrogen) atoms. The van der Waals surface area contributed by atoms with E-state index in [0.717, 1.165) is 12.1 Å². The van der Waals surface area contributed by atoms with Crippen molar-refractivity contribution in [1.82, 2.24) is 0 Å². The van der Waals surface area contributed by atoms with E-state index in [-0.39, 0.29) is 0 Å². The third kappa shape index (κ3) is 1.10. The molecule has 1 aliphatic rings. The van der Waals surface area contributed by atoms with Gasteiger partial charge in [0.05, 0.1) is 0 Å². The summed E-state index contributed by atoms with van der Waals surface area (Å²) in [4.78, 5) is 1.53. The highest BCUT2D eigenvalue weighted by molar-refractivity contribution is 7.80. The highest BCUT2D eigenvalue weighted by Crippen LogP contribution is 2.27. The Morgan fingerprint density at radius 2 is 2.17 bits per heavy atom. The van der Waals surface area contributed by atoms with Gasteiger partial charge >= 0.3 is 0 Å². The summed E-state index contributed by atoms with van der Waals surface area (Å²) in [6.45, 7) is 0.675. The molecule has 2 rings (SSSR count). The van der Waals surface area contributed by atoms with Gasteiger partial charge in [-0.25, -0.2) is 0 Å². The second-order valence-electron chi connectivity index (χ2n) is 2.78. The van der Waals surface area contributed by atoms with Gasteiger partial charge in [-0.15, -0.1) is 0 Å². The summed E-state index contributed by atoms with van der Waals surface area (Å²) >= 11 is 4.49. The van der Waals surface area contributed by atoms with Crippen molar-refractivity contribution in [2.45, 2.75) is 6.42 Å². The quantitative estimate of drug-likeness (QED) is 0.343. The molecular weight excluding hydrogens is 173 g/mol. The van der Waals surface area contributed by atoms with Crippen LogP contribution in [0.25, 0.3) is 0 Å². The third-order valence-corrected chi connectivity index (χ3v) is 2.32. The lowest BCUT2D eigenvalue weighted by Crippen LogP contribution is -2.23. The highest BCUT2D eigenvalue weighted by atomic mass is 32.1. The predicted octanol–water partition coefficient (Wildman–Crippen LogP) is 2.30. The average Bonchev–Trinajstić information content (AvgIpc) is 2.47. The van der Waals surface area contributed by atoms with Crippen molar-refractivity contribution >= 4 is 23.1 Å². The molecule has 0 N–H and O–H groups in total. The molecule has 62 valence electrons. The van der Waals surface area contributed by atoms with Crippen molar-refractivity contribution in [2.24, 2.45) is 0 Å². The van der Waals surface area contributed by atoms with Gasteiger partial charge in [-0.3, -0.25) is 0 Å². The molecule has 0 saturated heterocycles. The normalized spacial score (nSPS) is 14.6. The molecular formula is C9H8FNS. The molecule has 1 aromatic rings. The number of nitrogens with zero attached hydrogens (tertiary/aromatic N) is 1. The molecule has 1 heterocycles. The second kappa shape index (κ2) is 2.83. The first-order valence-corrected chi connectivity index (χ1v) is 4.25. The van der Waals surface area contributed by atoms with E-state index in [1.165, 1.54) is 10.5 Å². The number of halogens is 1. The van der Waals surface area contributed by atoms with E-state index in [4.69, 9.17) is 0 Å². The first-order chi connectivity index (χ1) is 5.79. The van der Waals surface area contributed by atoms with Crippen molar-refractivity contribution in [2.75, 3.05) is 11.4 Å². The molecule has 1 aliphatic heterocycles. The Kier molecular flexibility index (Phi) is 1.81. The van der Waals surface area contributed by atoms with Crippen LogP contribution in [0.3, 0.4) is 0 Å². The predicted molar refractivity (Wildman–Crippen MR) is 51.2 cm³/mol. The van der Waals surface area contributed by atoms with Gasteiger partial charge in [-0.2, -0.15) is 4.39 Å². The first-order valence-electron chi connectivity index (χ1n) is 3.84. The van der Waals surface area contributed by atoms with Crippen LogP contribution in [0.4, 0.5) is 10.1 Å². The molecule has 0 fully saturated rings. The average molecular weight is 181 g/mol. The summed E-state index contributed by atoms with van der Waals surface area (Å²) in [7, 11) is 0. The number of anilines is 1. The van der Waals surface area contributed by atoms with Crippen LogP contribution in [0.15, 0.2) is 24.3 Å². The lowest BCUT2D eigenvalue weighted by atomic mass is 10.2. The van der Waals surface area contributed by atoms with Gasteiger partial charge < -0.3 is 4.90 Å². The summed E-state index contributed by atoms with van der Waals surface area (Å²) in [5, 5.41) is -0.528. The molecule has 0 amide bonds. The van der Waals surface area contributed by atoms with Crippen LogP contribution in [0.1, 0.15) is 5.56 Å². The van der Waals surface area contributed by atoms with Gasteiger partial charge in [0.1, 0.15) is 0 Å². The summed E-state index contributed by atoms with van der Waals surface area (Å²) in [6.07, 6.45) is 0.889. The lowest BCUT2D eigenvalue weighted by Gasteiger charge is -2.13. The minimum atomic E-state index is -0.528. The molecule has 0 spiro atoms. The molecule has 0 unspecified atom stereocenters. The summed E-state index contributed by atoms with van der Waals surface area (Å²) in [5.41, 5.74) is 2.10. The second-order valence-corrected chi connectivity index (χ2v) is 3.12. The monoisotopic (exact) mass is 181 g/mol. The zero-order chi connectivity index (χ0) is 8.55. The van der Waals surface area contributed by atoms with Gasteiger partial charge in [-0.05, 0) is 30.3 Å². The van der Waals surface area contributed by atoms with E-state index in [2.05, 4.69) is 12.2 Å². The van der Waals surface area contributed by atoms with E-state index >= 15 is 0 Å². The molecule has 0 bridgehead atoms. The van der Waals surface area contributed by atoms with Gasteiger partial charge in [-0.1, -0.05) is 18.2 Å². The van der Waals surface area contributed by atoms with Crippen LogP contribution in [0.5, 0.6) is 0 Å². The Morgan fingerprint density at radius 1 is 1.42 bits per heavy atom. The number of rotatable bonds is 0. The van der Waals surface area contributed by atoms with Crippen LogP contribution in [-0.2, 0) is 6.42 Å². The van der Waals surface area contributed by atoms with Crippen LogP contribution in [-0.4, -0.2) is 11.8 Å². The summed E-state index contributed by atoms with van der Waals surface area (Å²) in [5.74, 6) is 0. The Bertz CT molecular complexity index is 324. The van der Waals surface area contributed by atoms with Crippen molar-refractivity contribution in [3.63, 3.8) is 0 Å². The number of thiocarbonyl (C=S) groups is 1. The van der Waals surface area contributed by atoms with E-state index in [1.54, 1.807) is 0 Å². The molecule has 3 heteroatoms. The number of fused-ring (bicyclic) bond motifs is 1. The molecule has 0 aromatic heterocycles. The topological polar surface area (TPSA) is 3.24 Å². The smallest absolute Gasteiger partial charge is 0.260 e. The molecule has 1 nitrogen and oxygen atoms in total. The number of hydrogen-bond donors (Lipinski definition) is 0. The number of benzene rings is 1. The zero-order valence-electron chi connectivity index (χ0n) is 6.46. The fourth-order valence-corrected chi connectivity index (χ4v) is 1.71. The maximum atomic E-state index is 12.7. The Hall–Kier alpha value is -0.960. The zero-order valence-corrected chi connectivity index (χ0v) is 7.27. The molecule has 1 aromatic carbocycles. The fourth-order valence-electron chi connectivity index (χ4n) is 1.52. The van der Waals surface area contributed by atoms with E-state index in [9.17, 15) is 4.39 Å². The summed E-state index contributed by atoms with van der Waals surface area (Å²) < 4.78 is 12.7. The van der Waals surface area contributed by atoms with Crippen LogP contribution in [0.2, 0.25) is 0 Å². The van der Waals surface area contributed by atoms with Crippen LogP contribution in [0, 0.1) is 0 Å². The largest absolute Gasteiger partial charge is 0.308 e. The lowest BCUT2D eigenvalue weighted by molar-refractivity contribution is 0.786. The van der Waals surface area contributed by atoms with Gasteiger partial charge in [0.2, 0.25) is 0 Å². The van der Waals surface area contributed by atoms with E-state index < -0.39 is 5.24 Å². The molecule has 0 aliphatic carbocycles. The van der Waals surface area contributed by atoms with Crippen molar-refractivity contribution < 1.29 is 4.39 Å². The first kappa shape index (κ1) is 7.68. The number of hydrogen-bond acceptors (Lipinski definition) is 1. The highest BCUT2D eigenvalue weighted by Gasteiger charge is 2.20. The van der Waals surface area contributed by atoms with Crippen LogP contribution < -0.4 is 4.90 Å². The van der Waals surface area contributed by atoms with E-state index in [0.29, 0.717) is 6.54 Å². The third-order valence-electron chi connectivity index (χ3n) is 2.10. The Balaban J connectivity index is 2.42. The molecule has 0 radical (unpaired) electrons. The maximum absolute atomic E-state index is 12.7. The Morgan fingerprint density at radius 3 is 2.92 bits per heavy atom. The van der Waals surface area contributed by atoms with E-state index in [1.807, 2.05) is 24.3 Å².